The topological polar surface area (TPSA) is 78.1 Å². The van der Waals surface area contributed by atoms with Gasteiger partial charge in [0.2, 0.25) is 12.7 Å². The second-order valence-electron chi connectivity index (χ2n) is 6.17. The Morgan fingerprint density at radius 1 is 1.26 bits per heavy atom. The van der Waals surface area contributed by atoms with Crippen LogP contribution in [0.15, 0.2) is 18.2 Å². The Morgan fingerprint density at radius 2 is 2.09 bits per heavy atom. The van der Waals surface area contributed by atoms with Gasteiger partial charge in [-0.2, -0.15) is 0 Å². The molecule has 3 atom stereocenters. The minimum Gasteiger partial charge on any atom is -0.454 e. The Labute approximate surface area is 134 Å². The number of rotatable bonds is 2. The molecule has 1 aromatic carbocycles. The number of amides is 1. The third-order valence-electron chi connectivity index (χ3n) is 4.53. The van der Waals surface area contributed by atoms with Crippen molar-refractivity contribution in [1.29, 1.82) is 0 Å². The van der Waals surface area contributed by atoms with Gasteiger partial charge in [0, 0.05) is 20.5 Å². The number of hydrazine groups is 1. The van der Waals surface area contributed by atoms with E-state index in [9.17, 15) is 4.79 Å². The zero-order chi connectivity index (χ0) is 16.0. The Bertz CT molecular complexity index is 625. The first-order valence-corrected chi connectivity index (χ1v) is 7.74. The minimum absolute atomic E-state index is 0.0288. The van der Waals surface area contributed by atoms with Gasteiger partial charge in [-0.05, 0) is 17.7 Å². The number of carbonyl (C=O) groups is 1. The van der Waals surface area contributed by atoms with Gasteiger partial charge in [-0.25, -0.2) is 10.4 Å². The molecule has 8 heteroatoms. The van der Waals surface area contributed by atoms with Gasteiger partial charge < -0.3 is 14.4 Å². The van der Waals surface area contributed by atoms with Crippen molar-refractivity contribution < 1.29 is 14.3 Å². The van der Waals surface area contributed by atoms with Crippen LogP contribution in [-0.4, -0.2) is 61.7 Å². The van der Waals surface area contributed by atoms with Gasteiger partial charge in [0.1, 0.15) is 6.04 Å². The number of nitrogens with zero attached hydrogens (tertiary/aromatic N) is 2. The van der Waals surface area contributed by atoms with Gasteiger partial charge in [-0.15, -0.1) is 0 Å². The molecular formula is C15H21N5O3. The lowest BCUT2D eigenvalue weighted by Gasteiger charge is -2.48. The third-order valence-corrected chi connectivity index (χ3v) is 4.53. The number of likely N-dealkylation sites (N-methyl/N-ethyl adjacent to an activating group) is 2. The number of hydrogen-bond acceptors (Lipinski definition) is 7. The highest BCUT2D eigenvalue weighted by atomic mass is 16.7. The van der Waals surface area contributed by atoms with Crippen LogP contribution >= 0.6 is 0 Å². The highest BCUT2D eigenvalue weighted by molar-refractivity contribution is 5.83. The molecule has 3 aliphatic heterocycles. The normalized spacial score (nSPS) is 30.4. The average Bonchev–Trinajstić information content (AvgIpc) is 2.99. The predicted molar refractivity (Wildman–Crippen MR) is 82.4 cm³/mol. The van der Waals surface area contributed by atoms with Crippen molar-refractivity contribution in [3.8, 4) is 11.5 Å². The lowest BCUT2D eigenvalue weighted by Crippen LogP contribution is -2.77. The van der Waals surface area contributed by atoms with E-state index in [0.717, 1.165) is 23.5 Å². The summed E-state index contributed by atoms with van der Waals surface area (Å²) in [6.45, 7) is 0.832. The van der Waals surface area contributed by atoms with Crippen molar-refractivity contribution in [2.45, 2.75) is 24.8 Å². The summed E-state index contributed by atoms with van der Waals surface area (Å²) >= 11 is 0. The molecule has 4 rings (SSSR count). The first-order valence-electron chi connectivity index (χ1n) is 7.74. The lowest BCUT2D eigenvalue weighted by atomic mass is 10.1. The Kier molecular flexibility index (Phi) is 3.61. The maximum atomic E-state index is 12.4. The number of benzene rings is 1. The Hall–Kier alpha value is -1.87. The fraction of sp³-hybridized carbons (Fsp3) is 0.533. The summed E-state index contributed by atoms with van der Waals surface area (Å²) in [5.74, 6) is 1.67. The minimum atomic E-state index is -0.265. The van der Waals surface area contributed by atoms with Gasteiger partial charge in [-0.1, -0.05) is 6.07 Å². The van der Waals surface area contributed by atoms with E-state index in [2.05, 4.69) is 16.1 Å². The number of ether oxygens (including phenoxy) is 2. The molecule has 3 heterocycles. The Morgan fingerprint density at radius 3 is 2.96 bits per heavy atom. The summed E-state index contributed by atoms with van der Waals surface area (Å²) in [7, 11) is 3.76. The maximum absolute atomic E-state index is 12.4. The molecule has 1 amide bonds. The quantitative estimate of drug-likeness (QED) is 0.648. The fourth-order valence-electron chi connectivity index (χ4n) is 3.31. The summed E-state index contributed by atoms with van der Waals surface area (Å²) < 4.78 is 10.8. The van der Waals surface area contributed by atoms with Crippen LogP contribution in [-0.2, 0) is 11.2 Å². The van der Waals surface area contributed by atoms with Crippen LogP contribution in [0.2, 0.25) is 0 Å². The van der Waals surface area contributed by atoms with Gasteiger partial charge in [-0.3, -0.25) is 15.4 Å². The molecule has 0 aliphatic carbocycles. The molecule has 3 unspecified atom stereocenters. The SMILES string of the molecule is CN1CNC2C(NC(Cc3ccc4c(c3)OCO4)NN2C)C1=O. The van der Waals surface area contributed by atoms with Gasteiger partial charge in [0.05, 0.1) is 19.0 Å². The van der Waals surface area contributed by atoms with E-state index in [-0.39, 0.29) is 31.1 Å². The first-order chi connectivity index (χ1) is 11.1. The van der Waals surface area contributed by atoms with E-state index in [1.165, 1.54) is 0 Å². The molecular weight excluding hydrogens is 298 g/mol. The second kappa shape index (κ2) is 5.64. The van der Waals surface area contributed by atoms with E-state index >= 15 is 0 Å². The lowest BCUT2D eigenvalue weighted by molar-refractivity contribution is -0.144. The average molecular weight is 319 g/mol. The van der Waals surface area contributed by atoms with E-state index in [1.54, 1.807) is 4.90 Å². The van der Waals surface area contributed by atoms with Crippen molar-refractivity contribution in [2.75, 3.05) is 27.6 Å². The van der Waals surface area contributed by atoms with Crippen LogP contribution in [0.25, 0.3) is 0 Å². The van der Waals surface area contributed by atoms with E-state index in [4.69, 9.17) is 9.47 Å². The number of carbonyl (C=O) groups excluding carboxylic acids is 1. The first kappa shape index (κ1) is 14.7. The standard InChI is InChI=1S/C15H21N5O3/c1-19-7-16-14-13(15(19)21)17-12(18-20(14)2)6-9-3-4-10-11(5-9)23-8-22-10/h3-5,12-14,16-18H,6-8H2,1-2H3. The molecule has 1 aromatic rings. The van der Waals surface area contributed by atoms with E-state index in [0.29, 0.717) is 6.67 Å². The molecule has 0 spiro atoms. The summed E-state index contributed by atoms with van der Waals surface area (Å²) in [6.07, 6.45) is 0.659. The van der Waals surface area contributed by atoms with E-state index in [1.807, 2.05) is 37.3 Å². The number of hydrogen-bond donors (Lipinski definition) is 3. The highest BCUT2D eigenvalue weighted by Crippen LogP contribution is 2.32. The van der Waals surface area contributed by atoms with Crippen LogP contribution in [0, 0.1) is 0 Å². The van der Waals surface area contributed by atoms with Gasteiger partial charge in [0.25, 0.3) is 0 Å². The molecule has 0 saturated carbocycles. The molecule has 8 nitrogen and oxygen atoms in total. The van der Waals surface area contributed by atoms with Crippen LogP contribution in [0.1, 0.15) is 5.56 Å². The van der Waals surface area contributed by atoms with Crippen molar-refractivity contribution in [3.63, 3.8) is 0 Å². The molecule has 124 valence electrons. The summed E-state index contributed by atoms with van der Waals surface area (Å²) in [5, 5.41) is 8.72. The summed E-state index contributed by atoms with van der Waals surface area (Å²) in [5.41, 5.74) is 4.51. The molecule has 3 aliphatic rings. The maximum Gasteiger partial charge on any atom is 0.243 e. The van der Waals surface area contributed by atoms with Crippen LogP contribution in [0.3, 0.4) is 0 Å². The van der Waals surface area contributed by atoms with E-state index < -0.39 is 0 Å². The van der Waals surface area contributed by atoms with Crippen LogP contribution in [0.5, 0.6) is 11.5 Å². The number of fused-ring (bicyclic) bond motifs is 2. The smallest absolute Gasteiger partial charge is 0.243 e. The van der Waals surface area contributed by atoms with Crippen molar-refractivity contribution >= 4 is 5.91 Å². The zero-order valence-electron chi connectivity index (χ0n) is 13.2. The largest absolute Gasteiger partial charge is 0.454 e. The number of nitrogens with one attached hydrogen (secondary N) is 3. The summed E-state index contributed by atoms with van der Waals surface area (Å²) in [6, 6.07) is 5.67. The third kappa shape index (κ3) is 2.63. The van der Waals surface area contributed by atoms with Crippen LogP contribution < -0.4 is 25.5 Å². The predicted octanol–water partition coefficient (Wildman–Crippen LogP) is -0.963. The highest BCUT2D eigenvalue weighted by Gasteiger charge is 2.42. The second-order valence-corrected chi connectivity index (χ2v) is 6.17. The molecule has 0 aromatic heterocycles. The fourth-order valence-corrected chi connectivity index (χ4v) is 3.31. The molecule has 23 heavy (non-hydrogen) atoms. The van der Waals surface area contributed by atoms with Crippen molar-refractivity contribution in [1.82, 2.24) is 26.0 Å². The summed E-state index contributed by atoms with van der Waals surface area (Å²) in [4.78, 5) is 14.1. The van der Waals surface area contributed by atoms with Crippen molar-refractivity contribution in [2.24, 2.45) is 0 Å². The molecule has 0 radical (unpaired) electrons. The van der Waals surface area contributed by atoms with Crippen LogP contribution in [0.4, 0.5) is 0 Å². The molecule has 2 fully saturated rings. The molecule has 3 N–H and O–H groups in total. The monoisotopic (exact) mass is 319 g/mol. The molecule has 2 saturated heterocycles. The van der Waals surface area contributed by atoms with Crippen molar-refractivity contribution in [3.05, 3.63) is 23.8 Å². The molecule has 0 bridgehead atoms. The van der Waals surface area contributed by atoms with Gasteiger partial charge >= 0.3 is 0 Å². The van der Waals surface area contributed by atoms with Gasteiger partial charge in [0.15, 0.2) is 11.5 Å². The Balaban J connectivity index is 1.48. The zero-order valence-corrected chi connectivity index (χ0v) is 13.2.